The van der Waals surface area contributed by atoms with E-state index in [0.717, 1.165) is 34.1 Å². The van der Waals surface area contributed by atoms with Crippen molar-refractivity contribution < 1.29 is 0 Å². The number of aryl methyl sites for hydroxylation is 2. The first-order valence-corrected chi connectivity index (χ1v) is 20.8. The minimum absolute atomic E-state index is 1.12. The van der Waals surface area contributed by atoms with Crippen molar-refractivity contribution >= 4 is 77.2 Å². The van der Waals surface area contributed by atoms with Crippen molar-refractivity contribution in [2.75, 3.05) is 9.80 Å². The minimum atomic E-state index is 1.12. The summed E-state index contributed by atoms with van der Waals surface area (Å²) in [5, 5.41) is 10.1. The van der Waals surface area contributed by atoms with Gasteiger partial charge in [-0.2, -0.15) is 0 Å². The summed E-state index contributed by atoms with van der Waals surface area (Å²) in [6.45, 7) is 4.30. The summed E-state index contributed by atoms with van der Waals surface area (Å²) in [7, 11) is 0. The van der Waals surface area contributed by atoms with Gasteiger partial charge >= 0.3 is 0 Å². The lowest BCUT2D eigenvalue weighted by atomic mass is 9.88. The summed E-state index contributed by atoms with van der Waals surface area (Å²) >= 11 is 0. The van der Waals surface area contributed by atoms with Gasteiger partial charge in [-0.3, -0.25) is 0 Å². The third kappa shape index (κ3) is 6.04. The van der Waals surface area contributed by atoms with Gasteiger partial charge in [0, 0.05) is 33.5 Å². The Morgan fingerprint density at radius 3 is 0.900 bits per heavy atom. The van der Waals surface area contributed by atoms with Gasteiger partial charge in [-0.1, -0.05) is 169 Å². The Bertz CT molecular complexity index is 3030. The van der Waals surface area contributed by atoms with Gasteiger partial charge in [0.15, 0.2) is 0 Å². The Hall–Kier alpha value is -7.68. The van der Waals surface area contributed by atoms with Crippen molar-refractivity contribution in [2.24, 2.45) is 0 Å². The van der Waals surface area contributed by atoms with E-state index in [0.29, 0.717) is 0 Å². The molecule has 11 aromatic rings. The molecule has 0 unspecified atom stereocenters. The van der Waals surface area contributed by atoms with E-state index in [1.165, 1.54) is 76.5 Å². The second kappa shape index (κ2) is 14.6. The van der Waals surface area contributed by atoms with Crippen LogP contribution in [0.5, 0.6) is 0 Å². The Kier molecular flexibility index (Phi) is 8.64. The smallest absolute Gasteiger partial charge is 0.0540 e. The van der Waals surface area contributed by atoms with Crippen LogP contribution in [0, 0.1) is 13.8 Å². The second-order valence-electron chi connectivity index (χ2n) is 15.9. The van der Waals surface area contributed by atoms with Crippen molar-refractivity contribution in [3.63, 3.8) is 0 Å². The highest BCUT2D eigenvalue weighted by atomic mass is 15.1. The molecule has 0 saturated carbocycles. The highest BCUT2D eigenvalue weighted by molar-refractivity contribution is 6.35. The average molecular weight is 767 g/mol. The average Bonchev–Trinajstić information content (AvgIpc) is 3.31. The quantitative estimate of drug-likeness (QED) is 0.112. The highest BCUT2D eigenvalue weighted by Crippen LogP contribution is 2.49. The summed E-state index contributed by atoms with van der Waals surface area (Å²) in [6.07, 6.45) is 0. The number of benzene rings is 11. The number of fused-ring (bicyclic) bond motifs is 2. The monoisotopic (exact) mass is 766 g/mol. The van der Waals surface area contributed by atoms with E-state index < -0.39 is 0 Å². The summed E-state index contributed by atoms with van der Waals surface area (Å²) < 4.78 is 0. The maximum Gasteiger partial charge on any atom is 0.0540 e. The van der Waals surface area contributed by atoms with Crippen molar-refractivity contribution in [3.8, 4) is 22.3 Å². The van der Waals surface area contributed by atoms with Gasteiger partial charge in [-0.05, 0) is 129 Å². The molecule has 11 aromatic carbocycles. The predicted molar refractivity (Wildman–Crippen MR) is 257 cm³/mol. The molecule has 0 amide bonds. The van der Waals surface area contributed by atoms with Crippen LogP contribution in [-0.4, -0.2) is 0 Å². The van der Waals surface area contributed by atoms with E-state index in [1.807, 2.05) is 0 Å². The van der Waals surface area contributed by atoms with Gasteiger partial charge in [0.25, 0.3) is 0 Å². The van der Waals surface area contributed by atoms with Crippen molar-refractivity contribution in [3.05, 3.63) is 230 Å². The van der Waals surface area contributed by atoms with Crippen molar-refractivity contribution in [1.82, 2.24) is 0 Å². The first kappa shape index (κ1) is 35.5. The van der Waals surface area contributed by atoms with E-state index >= 15 is 0 Å². The maximum atomic E-state index is 2.42. The molecular formula is C58H42N2. The standard InChI is InChI=1S/C58H42N2/c1-39-19-27-45(28-20-39)59(47-31-23-43(24-32-47)41-11-5-3-6-12-41)55-37-35-51-52-36-38-56(54-18-10-16-50(58(52)54)49-15-9-17-53(55)57(49)51)60(46-29-21-40(2)22-30-46)48-33-25-44(26-34-48)42-13-7-4-8-14-42/h3-38H,1-2H3. The molecule has 0 radical (unpaired) electrons. The summed E-state index contributed by atoms with van der Waals surface area (Å²) in [4.78, 5) is 4.83. The molecule has 0 spiro atoms. The molecule has 0 aliphatic carbocycles. The lowest BCUT2D eigenvalue weighted by molar-refractivity contribution is 1.29. The molecule has 0 bridgehead atoms. The lowest BCUT2D eigenvalue weighted by Gasteiger charge is -2.29. The van der Waals surface area contributed by atoms with Gasteiger partial charge in [0.05, 0.1) is 11.4 Å². The molecule has 2 heteroatoms. The van der Waals surface area contributed by atoms with Crippen LogP contribution >= 0.6 is 0 Å². The Balaban J connectivity index is 1.10. The maximum absolute atomic E-state index is 2.42. The molecule has 11 rings (SSSR count). The number of nitrogens with zero attached hydrogens (tertiary/aromatic N) is 2. The van der Waals surface area contributed by atoms with Crippen LogP contribution in [0.15, 0.2) is 218 Å². The fourth-order valence-corrected chi connectivity index (χ4v) is 9.18. The fourth-order valence-electron chi connectivity index (χ4n) is 9.18. The van der Waals surface area contributed by atoms with Crippen molar-refractivity contribution in [1.29, 1.82) is 0 Å². The molecule has 0 N–H and O–H groups in total. The van der Waals surface area contributed by atoms with Crippen LogP contribution < -0.4 is 9.80 Å². The highest BCUT2D eigenvalue weighted by Gasteiger charge is 2.22. The van der Waals surface area contributed by atoms with E-state index in [2.05, 4.69) is 242 Å². The first-order valence-electron chi connectivity index (χ1n) is 20.8. The SMILES string of the molecule is Cc1ccc(N(c2ccc(-c3ccccc3)cc2)c2ccc3c4ccc(N(c5ccc(C)cc5)c5ccc(-c6ccccc6)cc5)c5cccc(c6cccc2c63)c54)cc1. The zero-order chi connectivity index (χ0) is 40.2. The molecular weight excluding hydrogens is 725 g/mol. The van der Waals surface area contributed by atoms with Crippen molar-refractivity contribution in [2.45, 2.75) is 13.8 Å². The number of anilines is 6. The Morgan fingerprint density at radius 1 is 0.233 bits per heavy atom. The molecule has 0 aromatic heterocycles. The number of hydrogen-bond acceptors (Lipinski definition) is 2. The van der Waals surface area contributed by atoms with E-state index in [1.54, 1.807) is 0 Å². The van der Waals surface area contributed by atoms with Gasteiger partial charge in [-0.25, -0.2) is 0 Å². The van der Waals surface area contributed by atoms with Gasteiger partial charge in [0.2, 0.25) is 0 Å². The van der Waals surface area contributed by atoms with Gasteiger partial charge < -0.3 is 9.80 Å². The molecule has 0 fully saturated rings. The lowest BCUT2D eigenvalue weighted by Crippen LogP contribution is -2.11. The normalized spacial score (nSPS) is 11.5. The fraction of sp³-hybridized carbons (Fsp3) is 0.0345. The van der Waals surface area contributed by atoms with Gasteiger partial charge in [0.1, 0.15) is 0 Å². The largest absolute Gasteiger partial charge is 0.310 e. The van der Waals surface area contributed by atoms with Crippen LogP contribution in [0.1, 0.15) is 11.1 Å². The summed E-state index contributed by atoms with van der Waals surface area (Å²) in [5.74, 6) is 0. The van der Waals surface area contributed by atoms with Crippen LogP contribution in [0.25, 0.3) is 65.3 Å². The molecule has 60 heavy (non-hydrogen) atoms. The van der Waals surface area contributed by atoms with Crippen LogP contribution in [-0.2, 0) is 0 Å². The zero-order valence-corrected chi connectivity index (χ0v) is 33.7. The number of hydrogen-bond donors (Lipinski definition) is 0. The van der Waals surface area contributed by atoms with Gasteiger partial charge in [-0.15, -0.1) is 0 Å². The summed E-state index contributed by atoms with van der Waals surface area (Å²) in [5.41, 5.74) is 14.1. The van der Waals surface area contributed by atoms with Crippen LogP contribution in [0.4, 0.5) is 34.1 Å². The van der Waals surface area contributed by atoms with E-state index in [4.69, 9.17) is 0 Å². The second-order valence-corrected chi connectivity index (χ2v) is 15.9. The van der Waals surface area contributed by atoms with Crippen LogP contribution in [0.2, 0.25) is 0 Å². The molecule has 0 saturated heterocycles. The first-order chi connectivity index (χ1) is 29.6. The topological polar surface area (TPSA) is 6.48 Å². The molecule has 284 valence electrons. The summed E-state index contributed by atoms with van der Waals surface area (Å²) in [6, 6.07) is 80.0. The van der Waals surface area contributed by atoms with E-state index in [9.17, 15) is 0 Å². The number of rotatable bonds is 8. The molecule has 0 aliphatic rings. The predicted octanol–water partition coefficient (Wildman–Crippen LogP) is 16.6. The molecule has 0 atom stereocenters. The van der Waals surface area contributed by atoms with E-state index in [-0.39, 0.29) is 0 Å². The zero-order valence-electron chi connectivity index (χ0n) is 33.7. The molecule has 2 nitrogen and oxygen atoms in total. The minimum Gasteiger partial charge on any atom is -0.310 e. The Morgan fingerprint density at radius 2 is 0.533 bits per heavy atom. The molecule has 0 aliphatic heterocycles. The molecule has 0 heterocycles. The Labute approximate surface area is 351 Å². The third-order valence-corrected chi connectivity index (χ3v) is 12.1. The van der Waals surface area contributed by atoms with Crippen LogP contribution in [0.3, 0.4) is 0 Å². The third-order valence-electron chi connectivity index (χ3n) is 12.1.